The van der Waals surface area contributed by atoms with E-state index in [0.29, 0.717) is 41.7 Å². The molecule has 0 fully saturated rings. The minimum absolute atomic E-state index is 0.0763. The molecule has 0 saturated heterocycles. The zero-order chi connectivity index (χ0) is 25.9. The van der Waals surface area contributed by atoms with Gasteiger partial charge in [0.25, 0.3) is 0 Å². The van der Waals surface area contributed by atoms with Crippen LogP contribution in [0.2, 0.25) is 5.02 Å². The van der Waals surface area contributed by atoms with Crippen LogP contribution >= 0.6 is 11.6 Å². The molecule has 0 bridgehead atoms. The zero-order valence-electron chi connectivity index (χ0n) is 20.3. The van der Waals surface area contributed by atoms with Crippen molar-refractivity contribution in [3.63, 3.8) is 0 Å². The Hall–Kier alpha value is -4.06. The number of rotatable bonds is 10. The molecule has 0 aliphatic rings. The number of hydrogen-bond acceptors (Lipinski definition) is 5. The van der Waals surface area contributed by atoms with E-state index >= 15 is 0 Å². The van der Waals surface area contributed by atoms with E-state index in [-0.39, 0.29) is 11.9 Å². The van der Waals surface area contributed by atoms with Crippen LogP contribution in [-0.2, 0) is 11.2 Å². The smallest absolute Gasteiger partial charge is 0.243 e. The first kappa shape index (κ1) is 26.5. The van der Waals surface area contributed by atoms with Gasteiger partial charge in [-0.1, -0.05) is 41.9 Å². The number of carbonyl (C=O) groups is 1. The Bertz CT molecular complexity index is 1190. The molecule has 3 aromatic carbocycles. The van der Waals surface area contributed by atoms with Crippen LogP contribution in [0, 0.1) is 11.5 Å². The lowest BCUT2D eigenvalue weighted by atomic mass is 10.0. The first-order chi connectivity index (χ1) is 17.4. The monoisotopic (exact) mass is 504 g/mol. The van der Waals surface area contributed by atoms with E-state index in [0.717, 1.165) is 5.56 Å². The molecule has 3 aromatic rings. The lowest BCUT2D eigenvalue weighted by Crippen LogP contribution is -2.54. The van der Waals surface area contributed by atoms with E-state index in [9.17, 15) is 10.1 Å². The number of guanidine groups is 1. The molecule has 0 spiro atoms. The summed E-state index contributed by atoms with van der Waals surface area (Å²) in [5.41, 5.74) is 7.77. The molecular weight excluding hydrogens is 476 g/mol. The maximum absolute atomic E-state index is 13.4. The second-order valence-corrected chi connectivity index (χ2v) is 8.73. The third-order valence-corrected chi connectivity index (χ3v) is 5.57. The molecule has 1 atom stereocenters. The van der Waals surface area contributed by atoms with Gasteiger partial charge in [-0.15, -0.1) is 4.99 Å². The SMILES string of the molecule is CN(C)CCNC(=O)[C@H](Cc1ccccc1)N(C(N)=NC#N)c1ccc(Oc2ccc(Cl)cc2)cc1. The Balaban J connectivity index is 1.92. The Kier molecular flexibility index (Phi) is 9.69. The highest BCUT2D eigenvalue weighted by molar-refractivity contribution is 6.30. The van der Waals surface area contributed by atoms with E-state index in [1.807, 2.05) is 49.3 Å². The predicted octanol–water partition coefficient (Wildman–Crippen LogP) is 4.02. The molecule has 3 N–H and O–H groups in total. The third-order valence-electron chi connectivity index (χ3n) is 5.32. The van der Waals surface area contributed by atoms with Crippen molar-refractivity contribution in [2.75, 3.05) is 32.1 Å². The summed E-state index contributed by atoms with van der Waals surface area (Å²) in [7, 11) is 3.87. The lowest BCUT2D eigenvalue weighted by Gasteiger charge is -2.32. The van der Waals surface area contributed by atoms with Crippen molar-refractivity contribution in [1.82, 2.24) is 10.2 Å². The number of hydrogen-bond donors (Lipinski definition) is 2. The standard InChI is InChI=1S/C27H29ClN6O2/c1-33(2)17-16-31-26(35)25(18-20-6-4-3-5-7-20)34(27(30)32-19-29)22-10-14-24(15-11-22)36-23-12-8-21(28)9-13-23/h3-15,25H,16-18H2,1-2H3,(H2,30,32)(H,31,35)/t25-/m0/s1. The van der Waals surface area contributed by atoms with Gasteiger partial charge in [0.1, 0.15) is 17.5 Å². The van der Waals surface area contributed by atoms with Gasteiger partial charge in [-0.2, -0.15) is 5.26 Å². The molecule has 1 amide bonds. The van der Waals surface area contributed by atoms with Crippen LogP contribution < -0.4 is 20.7 Å². The van der Waals surface area contributed by atoms with Crippen molar-refractivity contribution in [3.8, 4) is 17.7 Å². The summed E-state index contributed by atoms with van der Waals surface area (Å²) < 4.78 is 5.88. The maximum atomic E-state index is 13.4. The molecule has 3 rings (SSSR count). The molecule has 0 heterocycles. The Morgan fingerprint density at radius 2 is 1.67 bits per heavy atom. The van der Waals surface area contributed by atoms with Crippen molar-refractivity contribution < 1.29 is 9.53 Å². The van der Waals surface area contributed by atoms with E-state index in [2.05, 4.69) is 10.3 Å². The molecule has 0 saturated carbocycles. The second-order valence-electron chi connectivity index (χ2n) is 8.29. The summed E-state index contributed by atoms with van der Waals surface area (Å²) >= 11 is 5.94. The molecule has 8 nitrogen and oxygen atoms in total. The molecule has 186 valence electrons. The van der Waals surface area contributed by atoms with Crippen LogP contribution in [0.4, 0.5) is 5.69 Å². The van der Waals surface area contributed by atoms with E-state index in [4.69, 9.17) is 22.1 Å². The number of carbonyl (C=O) groups excluding carboxylic acids is 1. The number of anilines is 1. The highest BCUT2D eigenvalue weighted by atomic mass is 35.5. The summed E-state index contributed by atoms with van der Waals surface area (Å²) in [6.45, 7) is 1.15. The van der Waals surface area contributed by atoms with Crippen molar-refractivity contribution in [1.29, 1.82) is 5.26 Å². The van der Waals surface area contributed by atoms with Crippen molar-refractivity contribution >= 4 is 29.2 Å². The first-order valence-corrected chi connectivity index (χ1v) is 11.8. The summed E-state index contributed by atoms with van der Waals surface area (Å²) in [5, 5.41) is 12.8. The summed E-state index contributed by atoms with van der Waals surface area (Å²) in [6, 6.07) is 23.0. The zero-order valence-corrected chi connectivity index (χ0v) is 21.0. The molecule has 9 heteroatoms. The molecule has 36 heavy (non-hydrogen) atoms. The minimum Gasteiger partial charge on any atom is -0.457 e. The van der Waals surface area contributed by atoms with Gasteiger partial charge in [-0.05, 0) is 68.2 Å². The van der Waals surface area contributed by atoms with Crippen LogP contribution in [0.25, 0.3) is 0 Å². The van der Waals surface area contributed by atoms with Gasteiger partial charge in [-0.25, -0.2) is 0 Å². The van der Waals surface area contributed by atoms with Crippen LogP contribution in [0.5, 0.6) is 11.5 Å². The van der Waals surface area contributed by atoms with Crippen molar-refractivity contribution in [3.05, 3.63) is 89.4 Å². The van der Waals surface area contributed by atoms with Gasteiger partial charge in [-0.3, -0.25) is 9.69 Å². The normalized spacial score (nSPS) is 12.0. The maximum Gasteiger partial charge on any atom is 0.243 e. The molecule has 0 aliphatic heterocycles. The first-order valence-electron chi connectivity index (χ1n) is 11.4. The van der Waals surface area contributed by atoms with Gasteiger partial charge in [0.15, 0.2) is 0 Å². The number of benzene rings is 3. The largest absolute Gasteiger partial charge is 0.457 e. The molecule has 0 unspecified atom stereocenters. The fraction of sp³-hybridized carbons (Fsp3) is 0.222. The average Bonchev–Trinajstić information content (AvgIpc) is 2.86. The Labute approximate surface area is 216 Å². The minimum atomic E-state index is -0.741. The summed E-state index contributed by atoms with van der Waals surface area (Å²) in [6.07, 6.45) is 2.09. The number of halogens is 1. The number of likely N-dealkylation sites (N-methyl/N-ethyl adjacent to an activating group) is 1. The molecule has 0 aromatic heterocycles. The predicted molar refractivity (Wildman–Crippen MR) is 143 cm³/mol. The highest BCUT2D eigenvalue weighted by Crippen LogP contribution is 2.27. The quantitative estimate of drug-likeness (QED) is 0.245. The van der Waals surface area contributed by atoms with E-state index in [1.165, 1.54) is 0 Å². The van der Waals surface area contributed by atoms with E-state index < -0.39 is 6.04 Å². The number of aliphatic imine (C=N–C) groups is 1. The van der Waals surface area contributed by atoms with Crippen molar-refractivity contribution in [2.24, 2.45) is 10.7 Å². The van der Waals surface area contributed by atoms with E-state index in [1.54, 1.807) is 59.6 Å². The van der Waals surface area contributed by atoms with Gasteiger partial charge in [0.2, 0.25) is 18.1 Å². The molecule has 0 radical (unpaired) electrons. The number of nitrogens with two attached hydrogens (primary N) is 1. The number of ether oxygens (including phenoxy) is 1. The number of amides is 1. The summed E-state index contributed by atoms with van der Waals surface area (Å²) in [4.78, 5) is 20.7. The fourth-order valence-corrected chi connectivity index (χ4v) is 3.68. The van der Waals surface area contributed by atoms with Gasteiger partial charge < -0.3 is 20.7 Å². The van der Waals surface area contributed by atoms with Crippen LogP contribution in [0.1, 0.15) is 5.56 Å². The number of nitriles is 1. The average molecular weight is 505 g/mol. The van der Waals surface area contributed by atoms with Crippen molar-refractivity contribution in [2.45, 2.75) is 12.5 Å². The van der Waals surface area contributed by atoms with Gasteiger partial charge in [0, 0.05) is 30.2 Å². The third kappa shape index (κ3) is 7.73. The topological polar surface area (TPSA) is 107 Å². The molecular formula is C27H29ClN6O2. The summed E-state index contributed by atoms with van der Waals surface area (Å²) in [5.74, 6) is 0.925. The Morgan fingerprint density at radius 3 is 2.25 bits per heavy atom. The van der Waals surface area contributed by atoms with Gasteiger partial charge in [0.05, 0.1) is 0 Å². The Morgan fingerprint density at radius 1 is 1.06 bits per heavy atom. The lowest BCUT2D eigenvalue weighted by molar-refractivity contribution is -0.122. The second kappa shape index (κ2) is 13.1. The van der Waals surface area contributed by atoms with Crippen LogP contribution in [-0.4, -0.2) is 50.0 Å². The number of nitrogens with one attached hydrogen (secondary N) is 1. The fourth-order valence-electron chi connectivity index (χ4n) is 3.55. The molecule has 0 aliphatic carbocycles. The van der Waals surface area contributed by atoms with Crippen LogP contribution in [0.15, 0.2) is 83.9 Å². The highest BCUT2D eigenvalue weighted by Gasteiger charge is 2.29. The van der Waals surface area contributed by atoms with Crippen LogP contribution in [0.3, 0.4) is 0 Å². The van der Waals surface area contributed by atoms with Gasteiger partial charge >= 0.3 is 0 Å². The number of nitrogens with zero attached hydrogens (tertiary/aromatic N) is 4.